The molecule has 0 bridgehead atoms. The zero-order chi connectivity index (χ0) is 10.6. The van der Waals surface area contributed by atoms with Gasteiger partial charge in [-0.3, -0.25) is 0 Å². The average Bonchev–Trinajstić information content (AvgIpc) is 2.14. The highest BCUT2D eigenvalue weighted by Gasteiger charge is 2.06. The molecular weight excluding hydrogens is 243 g/mol. The first-order valence-corrected chi connectivity index (χ1v) is 5.74. The summed E-state index contributed by atoms with van der Waals surface area (Å²) in [6.07, 6.45) is 0.700. The van der Waals surface area contributed by atoms with Crippen LogP contribution in [0.3, 0.4) is 0 Å². The molecule has 3 N–H and O–H groups in total. The number of anilines is 1. The van der Waals surface area contributed by atoms with Crippen LogP contribution in [0.5, 0.6) is 0 Å². The van der Waals surface area contributed by atoms with Gasteiger partial charge in [-0.05, 0) is 12.5 Å². The van der Waals surface area contributed by atoms with Crippen LogP contribution in [-0.2, 0) is 0 Å². The van der Waals surface area contributed by atoms with Crippen molar-refractivity contribution in [3.8, 4) is 0 Å². The molecule has 0 aliphatic carbocycles. The summed E-state index contributed by atoms with van der Waals surface area (Å²) >= 11 is 13.1. The van der Waals surface area contributed by atoms with Gasteiger partial charge in [-0.1, -0.05) is 23.2 Å². The lowest BCUT2D eigenvalue weighted by Crippen LogP contribution is -1.94. The molecule has 0 radical (unpaired) electrons. The summed E-state index contributed by atoms with van der Waals surface area (Å²) in [6, 6.07) is 1.58. The smallest absolute Gasteiger partial charge is 0.143 e. The number of nitrogen functional groups attached to an aromatic ring is 1. The third-order valence-corrected chi connectivity index (χ3v) is 3.25. The van der Waals surface area contributed by atoms with Crippen LogP contribution in [-0.4, -0.2) is 22.5 Å². The van der Waals surface area contributed by atoms with Crippen LogP contribution in [0, 0.1) is 0 Å². The van der Waals surface area contributed by atoms with E-state index in [2.05, 4.69) is 4.98 Å². The quantitative estimate of drug-likeness (QED) is 0.639. The molecular formula is C8H10Cl2N2OS. The first-order valence-electron chi connectivity index (χ1n) is 4.00. The van der Waals surface area contributed by atoms with Crippen molar-refractivity contribution in [2.24, 2.45) is 0 Å². The van der Waals surface area contributed by atoms with Gasteiger partial charge in [0.15, 0.2) is 0 Å². The predicted octanol–water partition coefficient (Wildman–Crippen LogP) is 2.45. The summed E-state index contributed by atoms with van der Waals surface area (Å²) < 4.78 is 0. The Morgan fingerprint density at radius 3 is 2.79 bits per heavy atom. The van der Waals surface area contributed by atoms with Crippen molar-refractivity contribution in [2.75, 3.05) is 18.1 Å². The van der Waals surface area contributed by atoms with E-state index >= 15 is 0 Å². The van der Waals surface area contributed by atoms with Gasteiger partial charge in [-0.2, -0.15) is 0 Å². The highest BCUT2D eigenvalue weighted by molar-refractivity contribution is 7.99. The van der Waals surface area contributed by atoms with Gasteiger partial charge in [-0.15, -0.1) is 11.8 Å². The number of nitrogens with two attached hydrogens (primary N) is 1. The van der Waals surface area contributed by atoms with E-state index < -0.39 is 0 Å². The fourth-order valence-electron chi connectivity index (χ4n) is 0.798. The summed E-state index contributed by atoms with van der Waals surface area (Å²) in [5.41, 5.74) is 5.53. The molecule has 0 aliphatic rings. The Bertz CT molecular complexity index is 322. The predicted molar refractivity (Wildman–Crippen MR) is 61.1 cm³/mol. The third kappa shape index (κ3) is 3.20. The Hall–Kier alpha value is -0.160. The standard InChI is InChI=1S/C8H10Cl2N2OS/c9-5-4-6(10)8(12-7(5)11)14-3-1-2-13/h4,13H,1-3H2,(H2,11,12). The minimum absolute atomic E-state index is 0.160. The highest BCUT2D eigenvalue weighted by atomic mass is 35.5. The molecule has 1 aromatic heterocycles. The van der Waals surface area contributed by atoms with Crippen molar-refractivity contribution in [2.45, 2.75) is 11.4 Å². The van der Waals surface area contributed by atoms with Gasteiger partial charge in [-0.25, -0.2) is 4.98 Å². The number of hydrogen-bond acceptors (Lipinski definition) is 4. The molecule has 1 aromatic rings. The Morgan fingerprint density at radius 1 is 1.43 bits per heavy atom. The maximum atomic E-state index is 8.60. The van der Waals surface area contributed by atoms with Crippen molar-refractivity contribution in [1.82, 2.24) is 4.98 Å². The van der Waals surface area contributed by atoms with Gasteiger partial charge in [0.2, 0.25) is 0 Å². The number of hydrogen-bond donors (Lipinski definition) is 2. The van der Waals surface area contributed by atoms with Gasteiger partial charge in [0.1, 0.15) is 10.8 Å². The molecule has 3 nitrogen and oxygen atoms in total. The molecule has 0 fully saturated rings. The van der Waals surface area contributed by atoms with E-state index in [4.69, 9.17) is 34.0 Å². The number of aliphatic hydroxyl groups excluding tert-OH is 1. The van der Waals surface area contributed by atoms with E-state index in [1.54, 1.807) is 6.07 Å². The Kier molecular flexibility index (Phi) is 4.81. The van der Waals surface area contributed by atoms with Crippen LogP contribution >= 0.6 is 35.0 Å². The monoisotopic (exact) mass is 252 g/mol. The van der Waals surface area contributed by atoms with Crippen LogP contribution < -0.4 is 5.73 Å². The van der Waals surface area contributed by atoms with Crippen LogP contribution in [0.4, 0.5) is 5.82 Å². The van der Waals surface area contributed by atoms with Crippen molar-refractivity contribution >= 4 is 40.8 Å². The highest BCUT2D eigenvalue weighted by Crippen LogP contribution is 2.30. The lowest BCUT2D eigenvalue weighted by Gasteiger charge is -2.04. The van der Waals surface area contributed by atoms with Crippen molar-refractivity contribution in [3.63, 3.8) is 0 Å². The molecule has 0 atom stereocenters. The number of halogens is 2. The summed E-state index contributed by atoms with van der Waals surface area (Å²) in [4.78, 5) is 4.04. The van der Waals surface area contributed by atoms with E-state index in [9.17, 15) is 0 Å². The van der Waals surface area contributed by atoms with Crippen molar-refractivity contribution in [3.05, 3.63) is 16.1 Å². The molecule has 1 heterocycles. The minimum atomic E-state index is 0.160. The Morgan fingerprint density at radius 2 is 2.14 bits per heavy atom. The average molecular weight is 253 g/mol. The minimum Gasteiger partial charge on any atom is -0.396 e. The molecule has 0 spiro atoms. The third-order valence-electron chi connectivity index (χ3n) is 1.47. The van der Waals surface area contributed by atoms with Crippen LogP contribution in [0.2, 0.25) is 10.0 Å². The van der Waals surface area contributed by atoms with Gasteiger partial charge >= 0.3 is 0 Å². The molecule has 1 rings (SSSR count). The molecule has 0 saturated carbocycles. The zero-order valence-electron chi connectivity index (χ0n) is 7.33. The molecule has 0 unspecified atom stereocenters. The SMILES string of the molecule is Nc1nc(SCCCO)c(Cl)cc1Cl. The fraction of sp³-hybridized carbons (Fsp3) is 0.375. The molecule has 78 valence electrons. The molecule has 0 aliphatic heterocycles. The molecule has 0 amide bonds. The fourth-order valence-corrected chi connectivity index (χ4v) is 2.15. The van der Waals surface area contributed by atoms with Crippen molar-refractivity contribution in [1.29, 1.82) is 0 Å². The molecule has 0 aromatic carbocycles. The van der Waals surface area contributed by atoms with Gasteiger partial charge in [0.25, 0.3) is 0 Å². The number of nitrogens with zero attached hydrogens (tertiary/aromatic N) is 1. The number of rotatable bonds is 4. The van der Waals surface area contributed by atoms with E-state index in [0.29, 0.717) is 21.5 Å². The summed E-state index contributed by atoms with van der Waals surface area (Å²) in [6.45, 7) is 0.160. The van der Waals surface area contributed by atoms with Crippen molar-refractivity contribution < 1.29 is 5.11 Å². The molecule has 14 heavy (non-hydrogen) atoms. The largest absolute Gasteiger partial charge is 0.396 e. The molecule has 0 saturated heterocycles. The van der Waals surface area contributed by atoms with E-state index in [1.165, 1.54) is 11.8 Å². The van der Waals surface area contributed by atoms with Crippen LogP contribution in [0.1, 0.15) is 6.42 Å². The first-order chi connectivity index (χ1) is 6.65. The number of thioether (sulfide) groups is 1. The number of aliphatic hydroxyl groups is 1. The number of aromatic nitrogens is 1. The zero-order valence-corrected chi connectivity index (χ0v) is 9.66. The van der Waals surface area contributed by atoms with Crippen LogP contribution in [0.25, 0.3) is 0 Å². The van der Waals surface area contributed by atoms with E-state index in [-0.39, 0.29) is 12.4 Å². The van der Waals surface area contributed by atoms with E-state index in [1.807, 2.05) is 0 Å². The second-order valence-corrected chi connectivity index (χ2v) is 4.47. The second kappa shape index (κ2) is 5.66. The van der Waals surface area contributed by atoms with Crippen LogP contribution in [0.15, 0.2) is 11.1 Å². The number of pyridine rings is 1. The van der Waals surface area contributed by atoms with E-state index in [0.717, 1.165) is 5.75 Å². The first kappa shape index (κ1) is 11.9. The Labute approximate surface area is 96.6 Å². The Balaban J connectivity index is 2.72. The van der Waals surface area contributed by atoms with Gasteiger partial charge in [0.05, 0.1) is 10.0 Å². The van der Waals surface area contributed by atoms with Gasteiger partial charge < -0.3 is 10.8 Å². The van der Waals surface area contributed by atoms with Gasteiger partial charge in [0, 0.05) is 12.4 Å². The summed E-state index contributed by atoms with van der Waals surface area (Å²) in [5.74, 6) is 1.03. The lowest BCUT2D eigenvalue weighted by atomic mass is 10.5. The topological polar surface area (TPSA) is 59.1 Å². The molecule has 6 heteroatoms. The maximum Gasteiger partial charge on any atom is 0.143 e. The maximum absolute atomic E-state index is 8.60. The normalized spacial score (nSPS) is 10.5. The second-order valence-electron chi connectivity index (χ2n) is 2.57. The summed E-state index contributed by atoms with van der Waals surface area (Å²) in [5, 5.41) is 10.1. The summed E-state index contributed by atoms with van der Waals surface area (Å²) in [7, 11) is 0. The lowest BCUT2D eigenvalue weighted by molar-refractivity contribution is 0.296.